The van der Waals surface area contributed by atoms with Gasteiger partial charge in [0.2, 0.25) is 5.91 Å². The van der Waals surface area contributed by atoms with Crippen molar-refractivity contribution in [1.29, 1.82) is 0 Å². The summed E-state index contributed by atoms with van der Waals surface area (Å²) < 4.78 is 10.7. The molecule has 0 radical (unpaired) electrons. The minimum absolute atomic E-state index is 0.0814. The number of rotatable bonds is 6. The number of piperazine rings is 1. The first-order valence-electron chi connectivity index (χ1n) is 13.1. The van der Waals surface area contributed by atoms with Crippen molar-refractivity contribution in [3.05, 3.63) is 89.5 Å². The molecule has 0 N–H and O–H groups in total. The summed E-state index contributed by atoms with van der Waals surface area (Å²) in [6.07, 6.45) is 0. The van der Waals surface area contributed by atoms with Gasteiger partial charge in [0.15, 0.2) is 0 Å². The van der Waals surface area contributed by atoms with Crippen LogP contribution in [0.2, 0.25) is 0 Å². The smallest absolute Gasteiger partial charge is 0.254 e. The molecule has 7 nitrogen and oxygen atoms in total. The van der Waals surface area contributed by atoms with Gasteiger partial charge in [-0.2, -0.15) is 0 Å². The lowest BCUT2D eigenvalue weighted by Gasteiger charge is -2.38. The number of amides is 2. The van der Waals surface area contributed by atoms with Crippen LogP contribution in [0.15, 0.2) is 72.8 Å². The van der Waals surface area contributed by atoms with Crippen LogP contribution in [0.25, 0.3) is 0 Å². The molecule has 38 heavy (non-hydrogen) atoms. The maximum absolute atomic E-state index is 13.9. The van der Waals surface area contributed by atoms with Crippen LogP contribution in [0.3, 0.4) is 0 Å². The van der Waals surface area contributed by atoms with Gasteiger partial charge >= 0.3 is 0 Å². The molecule has 7 heteroatoms. The average Bonchev–Trinajstić information content (AvgIpc) is 3.42. The second-order valence-electron chi connectivity index (χ2n) is 10.0. The Morgan fingerprint density at radius 2 is 1.47 bits per heavy atom. The molecule has 2 aliphatic rings. The lowest BCUT2D eigenvalue weighted by Crippen LogP contribution is -2.51. The van der Waals surface area contributed by atoms with Crippen molar-refractivity contribution in [3.8, 4) is 11.5 Å². The fourth-order valence-corrected chi connectivity index (χ4v) is 5.67. The largest absolute Gasteiger partial charge is 0.497 e. The molecule has 2 saturated heterocycles. The van der Waals surface area contributed by atoms with E-state index in [0.717, 1.165) is 24.4 Å². The van der Waals surface area contributed by atoms with E-state index in [9.17, 15) is 9.59 Å². The summed E-state index contributed by atoms with van der Waals surface area (Å²) in [7, 11) is 3.23. The highest BCUT2D eigenvalue weighted by atomic mass is 16.5. The third-order valence-corrected chi connectivity index (χ3v) is 7.83. The van der Waals surface area contributed by atoms with Gasteiger partial charge in [-0.15, -0.1) is 0 Å². The number of anilines is 1. The van der Waals surface area contributed by atoms with E-state index in [0.29, 0.717) is 37.5 Å². The van der Waals surface area contributed by atoms with Gasteiger partial charge in [0.25, 0.3) is 5.91 Å². The standard InChI is InChI=1S/C31H35N3O4/c1-22-7-4-5-10-29(22)32-15-17-33(18-16-32)31(36)28-21-34(30(35)24-8-6-9-26(19-24)38-3)20-27(28)23-11-13-25(37-2)14-12-23/h4-14,19,27-28H,15-18,20-21H2,1-3H3. The Labute approximate surface area is 224 Å². The molecule has 5 rings (SSSR count). The van der Waals surface area contributed by atoms with Crippen LogP contribution in [-0.4, -0.2) is 75.1 Å². The highest BCUT2D eigenvalue weighted by molar-refractivity contribution is 5.95. The maximum Gasteiger partial charge on any atom is 0.254 e. The Bertz CT molecular complexity index is 1280. The first-order valence-corrected chi connectivity index (χ1v) is 13.1. The average molecular weight is 514 g/mol. The number of hydrogen-bond acceptors (Lipinski definition) is 5. The van der Waals surface area contributed by atoms with E-state index in [4.69, 9.17) is 9.47 Å². The molecule has 0 aliphatic carbocycles. The second-order valence-corrected chi connectivity index (χ2v) is 10.0. The molecule has 0 aromatic heterocycles. The summed E-state index contributed by atoms with van der Waals surface area (Å²) in [4.78, 5) is 33.6. The van der Waals surface area contributed by atoms with Crippen LogP contribution in [0.5, 0.6) is 11.5 Å². The van der Waals surface area contributed by atoms with Gasteiger partial charge in [-0.05, 0) is 54.4 Å². The Kier molecular flexibility index (Phi) is 7.54. The fraction of sp³-hybridized carbons (Fsp3) is 0.355. The molecule has 0 saturated carbocycles. The van der Waals surface area contributed by atoms with Crippen LogP contribution >= 0.6 is 0 Å². The van der Waals surface area contributed by atoms with Crippen molar-refractivity contribution in [2.24, 2.45) is 5.92 Å². The van der Waals surface area contributed by atoms with Gasteiger partial charge in [0.1, 0.15) is 11.5 Å². The summed E-state index contributed by atoms with van der Waals surface area (Å²) in [6.45, 7) is 5.93. The van der Waals surface area contributed by atoms with Crippen LogP contribution in [-0.2, 0) is 4.79 Å². The minimum atomic E-state index is -0.303. The summed E-state index contributed by atoms with van der Waals surface area (Å²) in [5.41, 5.74) is 4.09. The Balaban J connectivity index is 1.35. The van der Waals surface area contributed by atoms with Crippen molar-refractivity contribution in [3.63, 3.8) is 0 Å². The molecule has 2 unspecified atom stereocenters. The molecular weight excluding hydrogens is 478 g/mol. The Hall–Kier alpha value is -4.00. The van der Waals surface area contributed by atoms with E-state index in [1.54, 1.807) is 26.4 Å². The number of carbonyl (C=O) groups is 2. The molecule has 2 atom stereocenters. The Morgan fingerprint density at radius 1 is 0.763 bits per heavy atom. The van der Waals surface area contributed by atoms with Crippen LogP contribution in [0.1, 0.15) is 27.4 Å². The van der Waals surface area contributed by atoms with E-state index in [-0.39, 0.29) is 23.7 Å². The van der Waals surface area contributed by atoms with Crippen LogP contribution < -0.4 is 14.4 Å². The molecular formula is C31H35N3O4. The number of benzene rings is 3. The highest BCUT2D eigenvalue weighted by Gasteiger charge is 2.42. The fourth-order valence-electron chi connectivity index (χ4n) is 5.67. The number of hydrogen-bond donors (Lipinski definition) is 0. The van der Waals surface area contributed by atoms with Gasteiger partial charge in [-0.3, -0.25) is 9.59 Å². The summed E-state index contributed by atoms with van der Waals surface area (Å²) in [5, 5.41) is 0. The molecule has 2 aliphatic heterocycles. The van der Waals surface area contributed by atoms with E-state index >= 15 is 0 Å². The highest BCUT2D eigenvalue weighted by Crippen LogP contribution is 2.36. The second kappa shape index (κ2) is 11.2. The molecule has 2 amide bonds. The van der Waals surface area contributed by atoms with Crippen molar-refractivity contribution in [1.82, 2.24) is 9.80 Å². The third kappa shape index (κ3) is 5.19. The van der Waals surface area contributed by atoms with Gasteiger partial charge in [-0.1, -0.05) is 36.4 Å². The van der Waals surface area contributed by atoms with Crippen LogP contribution in [0.4, 0.5) is 5.69 Å². The van der Waals surface area contributed by atoms with E-state index in [1.807, 2.05) is 46.2 Å². The quantitative estimate of drug-likeness (QED) is 0.494. The van der Waals surface area contributed by atoms with Crippen molar-refractivity contribution in [2.45, 2.75) is 12.8 Å². The zero-order chi connectivity index (χ0) is 26.6. The summed E-state index contributed by atoms with van der Waals surface area (Å²) in [6, 6.07) is 23.4. The number of nitrogens with zero attached hydrogens (tertiary/aromatic N) is 3. The van der Waals surface area contributed by atoms with Crippen molar-refractivity contribution >= 4 is 17.5 Å². The number of methoxy groups -OCH3 is 2. The van der Waals surface area contributed by atoms with Gasteiger partial charge < -0.3 is 24.2 Å². The monoisotopic (exact) mass is 513 g/mol. The van der Waals surface area contributed by atoms with Gasteiger partial charge in [0.05, 0.1) is 20.1 Å². The predicted molar refractivity (Wildman–Crippen MR) is 148 cm³/mol. The number of aryl methyl sites for hydroxylation is 1. The first-order chi connectivity index (χ1) is 18.5. The number of likely N-dealkylation sites (tertiary alicyclic amines) is 1. The molecule has 2 fully saturated rings. The van der Waals surface area contributed by atoms with Gasteiger partial charge in [-0.25, -0.2) is 0 Å². The zero-order valence-corrected chi connectivity index (χ0v) is 22.3. The third-order valence-electron chi connectivity index (χ3n) is 7.83. The van der Waals surface area contributed by atoms with E-state index in [1.165, 1.54) is 11.3 Å². The normalized spacial score (nSPS) is 19.4. The maximum atomic E-state index is 13.9. The molecule has 0 bridgehead atoms. The lowest BCUT2D eigenvalue weighted by molar-refractivity contribution is -0.135. The zero-order valence-electron chi connectivity index (χ0n) is 22.3. The van der Waals surface area contributed by atoms with Crippen molar-refractivity contribution < 1.29 is 19.1 Å². The molecule has 3 aromatic rings. The first kappa shape index (κ1) is 25.6. The molecule has 198 valence electrons. The Morgan fingerprint density at radius 3 is 2.16 bits per heavy atom. The number of carbonyl (C=O) groups excluding carboxylic acids is 2. The topological polar surface area (TPSA) is 62.3 Å². The lowest BCUT2D eigenvalue weighted by atomic mass is 9.87. The number of ether oxygens (including phenoxy) is 2. The van der Waals surface area contributed by atoms with Crippen LogP contribution in [0, 0.1) is 12.8 Å². The number of para-hydroxylation sites is 1. The molecule has 2 heterocycles. The van der Waals surface area contributed by atoms with Gasteiger partial charge in [0, 0.05) is 56.4 Å². The predicted octanol–water partition coefficient (Wildman–Crippen LogP) is 4.22. The summed E-state index contributed by atoms with van der Waals surface area (Å²) in [5.74, 6) is 1.06. The van der Waals surface area contributed by atoms with Crippen molar-refractivity contribution in [2.75, 3.05) is 58.4 Å². The molecule has 3 aromatic carbocycles. The minimum Gasteiger partial charge on any atom is -0.497 e. The molecule has 0 spiro atoms. The summed E-state index contributed by atoms with van der Waals surface area (Å²) >= 11 is 0. The van der Waals surface area contributed by atoms with E-state index < -0.39 is 0 Å². The SMILES string of the molecule is COc1ccc(C2CN(C(=O)c3cccc(OC)c3)CC2C(=O)N2CCN(c3ccccc3C)CC2)cc1. The van der Waals surface area contributed by atoms with E-state index in [2.05, 4.69) is 36.1 Å².